The number of halogens is 1. The van der Waals surface area contributed by atoms with Crippen molar-refractivity contribution in [1.29, 1.82) is 0 Å². The van der Waals surface area contributed by atoms with Crippen LogP contribution < -0.4 is 14.8 Å². The van der Waals surface area contributed by atoms with Crippen LogP contribution >= 0.6 is 11.6 Å². The van der Waals surface area contributed by atoms with E-state index in [1.54, 1.807) is 18.2 Å². The van der Waals surface area contributed by atoms with Crippen LogP contribution in [0.1, 0.15) is 17.0 Å². The van der Waals surface area contributed by atoms with Crippen molar-refractivity contribution in [3.8, 4) is 11.5 Å². The number of nitrogens with zero attached hydrogens (tertiary/aromatic N) is 2. The van der Waals surface area contributed by atoms with E-state index < -0.39 is 0 Å². The first-order valence-corrected chi connectivity index (χ1v) is 8.70. The van der Waals surface area contributed by atoms with Crippen LogP contribution in [0.25, 0.3) is 11.7 Å². The van der Waals surface area contributed by atoms with Gasteiger partial charge in [0.05, 0.1) is 31.5 Å². The van der Waals surface area contributed by atoms with E-state index in [0.29, 0.717) is 23.1 Å². The van der Waals surface area contributed by atoms with E-state index in [-0.39, 0.29) is 5.91 Å². The van der Waals surface area contributed by atoms with Crippen molar-refractivity contribution in [3.05, 3.63) is 64.6 Å². The average Bonchev–Trinajstić information content (AvgIpc) is 3.08. The van der Waals surface area contributed by atoms with E-state index in [2.05, 4.69) is 10.3 Å². The molecule has 0 atom stereocenters. The van der Waals surface area contributed by atoms with Crippen LogP contribution in [-0.2, 0) is 11.3 Å². The molecule has 27 heavy (non-hydrogen) atoms. The van der Waals surface area contributed by atoms with Gasteiger partial charge in [0.15, 0.2) is 11.5 Å². The molecule has 0 unspecified atom stereocenters. The van der Waals surface area contributed by atoms with Gasteiger partial charge < -0.3 is 19.2 Å². The molecule has 0 saturated carbocycles. The molecule has 2 aromatic heterocycles. The molecular weight excluding hydrogens is 366 g/mol. The zero-order valence-corrected chi connectivity index (χ0v) is 16.1. The number of pyridine rings is 1. The summed E-state index contributed by atoms with van der Waals surface area (Å²) in [6, 6.07) is 9.35. The fourth-order valence-corrected chi connectivity index (χ4v) is 3.02. The second kappa shape index (κ2) is 8.14. The van der Waals surface area contributed by atoms with E-state index >= 15 is 0 Å². The van der Waals surface area contributed by atoms with Crippen LogP contribution in [0.3, 0.4) is 0 Å². The number of benzene rings is 1. The molecule has 0 spiro atoms. The summed E-state index contributed by atoms with van der Waals surface area (Å²) < 4.78 is 12.4. The maximum Gasteiger partial charge on any atom is 0.244 e. The highest BCUT2D eigenvalue weighted by molar-refractivity contribution is 6.32. The third-order valence-corrected chi connectivity index (χ3v) is 4.35. The Morgan fingerprint density at radius 3 is 2.81 bits per heavy atom. The van der Waals surface area contributed by atoms with Crippen molar-refractivity contribution >= 4 is 29.2 Å². The minimum Gasteiger partial charge on any atom is -0.493 e. The Kier molecular flexibility index (Phi) is 5.66. The molecule has 1 aromatic carbocycles. The Morgan fingerprint density at radius 2 is 2.11 bits per heavy atom. The molecule has 1 amide bonds. The summed E-state index contributed by atoms with van der Waals surface area (Å²) in [5.41, 5.74) is 3.47. The first-order chi connectivity index (χ1) is 13.0. The second-order valence-corrected chi connectivity index (χ2v) is 6.32. The predicted molar refractivity (Wildman–Crippen MR) is 105 cm³/mol. The molecule has 0 aliphatic heterocycles. The van der Waals surface area contributed by atoms with Gasteiger partial charge in [0.2, 0.25) is 5.91 Å². The van der Waals surface area contributed by atoms with E-state index in [1.165, 1.54) is 20.3 Å². The number of carbonyl (C=O) groups is 1. The largest absolute Gasteiger partial charge is 0.493 e. The van der Waals surface area contributed by atoms with Crippen LogP contribution in [0.5, 0.6) is 11.5 Å². The first-order valence-electron chi connectivity index (χ1n) is 8.33. The molecule has 0 radical (unpaired) electrons. The maximum absolute atomic E-state index is 12.1. The van der Waals surface area contributed by atoms with Gasteiger partial charge in [0.25, 0.3) is 0 Å². The lowest BCUT2D eigenvalue weighted by Crippen LogP contribution is -2.20. The summed E-state index contributed by atoms with van der Waals surface area (Å²) in [4.78, 5) is 16.6. The van der Waals surface area contributed by atoms with Gasteiger partial charge in [-0.1, -0.05) is 17.7 Å². The fourth-order valence-electron chi connectivity index (χ4n) is 2.73. The van der Waals surface area contributed by atoms with Gasteiger partial charge in [0, 0.05) is 18.0 Å². The first kappa shape index (κ1) is 18.8. The molecule has 6 nitrogen and oxygen atoms in total. The third kappa shape index (κ3) is 4.23. The summed E-state index contributed by atoms with van der Waals surface area (Å²) in [6.07, 6.45) is 5.03. The molecule has 1 N–H and O–H groups in total. The summed E-state index contributed by atoms with van der Waals surface area (Å²) in [6.45, 7) is 2.35. The van der Waals surface area contributed by atoms with Crippen LogP contribution in [0.4, 0.5) is 0 Å². The minimum absolute atomic E-state index is 0.227. The molecule has 0 fully saturated rings. The van der Waals surface area contributed by atoms with E-state index in [4.69, 9.17) is 21.1 Å². The summed E-state index contributed by atoms with van der Waals surface area (Å²) in [7, 11) is 3.05. The predicted octanol–water partition coefficient (Wildman–Crippen LogP) is 3.64. The van der Waals surface area contributed by atoms with Gasteiger partial charge in [-0.15, -0.1) is 0 Å². The molecule has 2 heterocycles. The molecule has 0 bridgehead atoms. The number of ether oxygens (including phenoxy) is 2. The number of imidazole rings is 1. The van der Waals surface area contributed by atoms with Gasteiger partial charge in [-0.3, -0.25) is 4.79 Å². The third-order valence-electron chi connectivity index (χ3n) is 4.07. The Bertz CT molecular complexity index is 1010. The van der Waals surface area contributed by atoms with E-state index in [9.17, 15) is 4.79 Å². The van der Waals surface area contributed by atoms with Crippen molar-refractivity contribution in [2.24, 2.45) is 0 Å². The number of hydrogen-bond acceptors (Lipinski definition) is 4. The monoisotopic (exact) mass is 385 g/mol. The van der Waals surface area contributed by atoms with Gasteiger partial charge in [-0.05, 0) is 42.8 Å². The number of amides is 1. The topological polar surface area (TPSA) is 64.9 Å². The average molecular weight is 386 g/mol. The van der Waals surface area contributed by atoms with Gasteiger partial charge in [-0.2, -0.15) is 0 Å². The Balaban J connectivity index is 1.66. The lowest BCUT2D eigenvalue weighted by Gasteiger charge is -2.10. The molecule has 7 heteroatoms. The van der Waals surface area contributed by atoms with E-state index in [0.717, 1.165) is 22.6 Å². The van der Waals surface area contributed by atoms with Crippen LogP contribution in [0.2, 0.25) is 5.02 Å². The molecule has 0 aliphatic carbocycles. The standard InChI is InChI=1S/C20H20ClN3O3/c1-13-5-4-6-18-23-15(12-24(13)18)11-22-19(25)8-7-14-9-16(21)20(27-3)17(10-14)26-2/h4-10,12H,11H2,1-3H3,(H,22,25). The number of aromatic nitrogens is 2. The van der Waals surface area contributed by atoms with Gasteiger partial charge in [0.1, 0.15) is 5.65 Å². The Hall–Kier alpha value is -2.99. The quantitative estimate of drug-likeness (QED) is 0.658. The van der Waals surface area contributed by atoms with Crippen molar-refractivity contribution in [2.75, 3.05) is 14.2 Å². The van der Waals surface area contributed by atoms with Crippen LogP contribution in [-0.4, -0.2) is 29.5 Å². The number of aryl methyl sites for hydroxylation is 1. The van der Waals surface area contributed by atoms with Crippen molar-refractivity contribution in [3.63, 3.8) is 0 Å². The Morgan fingerprint density at radius 1 is 1.30 bits per heavy atom. The van der Waals surface area contributed by atoms with Gasteiger partial charge >= 0.3 is 0 Å². The number of hydrogen-bond donors (Lipinski definition) is 1. The highest BCUT2D eigenvalue weighted by Gasteiger charge is 2.10. The SMILES string of the molecule is COc1cc(C=CC(=O)NCc2cn3c(C)cccc3n2)cc(Cl)c1OC. The normalized spacial score (nSPS) is 11.1. The number of nitrogens with one attached hydrogen (secondary N) is 1. The van der Waals surface area contributed by atoms with Crippen molar-refractivity contribution in [1.82, 2.24) is 14.7 Å². The lowest BCUT2D eigenvalue weighted by molar-refractivity contribution is -0.116. The zero-order valence-electron chi connectivity index (χ0n) is 15.3. The molecule has 3 aromatic rings. The molecule has 3 rings (SSSR count). The second-order valence-electron chi connectivity index (χ2n) is 5.92. The minimum atomic E-state index is -0.227. The summed E-state index contributed by atoms with van der Waals surface area (Å²) in [5.74, 6) is 0.739. The number of fused-ring (bicyclic) bond motifs is 1. The smallest absolute Gasteiger partial charge is 0.244 e. The molecule has 140 valence electrons. The van der Waals surface area contributed by atoms with Gasteiger partial charge in [-0.25, -0.2) is 4.98 Å². The molecular formula is C20H20ClN3O3. The summed E-state index contributed by atoms with van der Waals surface area (Å²) >= 11 is 6.17. The number of methoxy groups -OCH3 is 2. The van der Waals surface area contributed by atoms with Crippen LogP contribution in [0, 0.1) is 6.92 Å². The highest BCUT2D eigenvalue weighted by Crippen LogP contribution is 2.36. The Labute approximate surface area is 162 Å². The number of carbonyl (C=O) groups excluding carboxylic acids is 1. The molecule has 0 saturated heterocycles. The van der Waals surface area contributed by atoms with Crippen LogP contribution in [0.15, 0.2) is 42.6 Å². The summed E-state index contributed by atoms with van der Waals surface area (Å²) in [5, 5.41) is 3.24. The lowest BCUT2D eigenvalue weighted by atomic mass is 10.2. The number of rotatable bonds is 6. The molecule has 0 aliphatic rings. The fraction of sp³-hybridized carbons (Fsp3) is 0.200. The zero-order chi connectivity index (χ0) is 19.4. The highest BCUT2D eigenvalue weighted by atomic mass is 35.5. The van der Waals surface area contributed by atoms with Crippen molar-refractivity contribution < 1.29 is 14.3 Å². The van der Waals surface area contributed by atoms with E-state index in [1.807, 2.05) is 35.7 Å². The maximum atomic E-state index is 12.1. The van der Waals surface area contributed by atoms with Crippen molar-refractivity contribution in [2.45, 2.75) is 13.5 Å².